The van der Waals surface area contributed by atoms with Crippen molar-refractivity contribution in [3.05, 3.63) is 52.8 Å². The molecule has 0 aliphatic carbocycles. The molecule has 3 rings (SSSR count). The van der Waals surface area contributed by atoms with Gasteiger partial charge in [0.15, 0.2) is 5.82 Å². The highest BCUT2D eigenvalue weighted by atomic mass is 79.9. The van der Waals surface area contributed by atoms with Gasteiger partial charge in [-0.2, -0.15) is 0 Å². The lowest BCUT2D eigenvalue weighted by molar-refractivity contribution is 1.25. The van der Waals surface area contributed by atoms with Crippen LogP contribution in [0.1, 0.15) is 5.69 Å². The molecule has 100 valence electrons. The van der Waals surface area contributed by atoms with Crippen molar-refractivity contribution in [2.75, 3.05) is 11.1 Å². The van der Waals surface area contributed by atoms with E-state index in [0.29, 0.717) is 11.5 Å². The molecule has 5 heteroatoms. The third-order valence-corrected chi connectivity index (χ3v) is 3.43. The molecule has 3 aromatic rings. The zero-order valence-corrected chi connectivity index (χ0v) is 12.5. The standard InChI is InChI=1S/C15H13BrN4/c1-9-5-6-10-3-2-4-13(14(10)19-9)20-15-12(17)7-11(16)8-18-15/h2-8H,17H2,1H3,(H,18,20). The highest BCUT2D eigenvalue weighted by Crippen LogP contribution is 2.28. The molecule has 0 saturated heterocycles. The number of aromatic nitrogens is 2. The zero-order chi connectivity index (χ0) is 14.1. The Morgan fingerprint density at radius 3 is 2.85 bits per heavy atom. The number of nitrogens with zero attached hydrogens (tertiary/aromatic N) is 2. The summed E-state index contributed by atoms with van der Waals surface area (Å²) in [5.74, 6) is 0.629. The third kappa shape index (κ3) is 2.44. The molecular weight excluding hydrogens is 316 g/mol. The van der Waals surface area contributed by atoms with E-state index in [2.05, 4.69) is 37.3 Å². The van der Waals surface area contributed by atoms with E-state index in [1.54, 1.807) is 6.20 Å². The maximum atomic E-state index is 5.97. The van der Waals surface area contributed by atoms with Crippen molar-refractivity contribution in [2.45, 2.75) is 6.92 Å². The topological polar surface area (TPSA) is 63.8 Å². The lowest BCUT2D eigenvalue weighted by Crippen LogP contribution is -2.00. The molecule has 0 fully saturated rings. The van der Waals surface area contributed by atoms with Gasteiger partial charge in [0.1, 0.15) is 0 Å². The quantitative estimate of drug-likeness (QED) is 0.745. The summed E-state index contributed by atoms with van der Waals surface area (Å²) in [6.07, 6.45) is 1.71. The summed E-state index contributed by atoms with van der Waals surface area (Å²) in [5, 5.41) is 4.33. The average Bonchev–Trinajstić information content (AvgIpc) is 2.42. The number of nitrogens with two attached hydrogens (primary N) is 1. The Morgan fingerprint density at radius 2 is 2.05 bits per heavy atom. The van der Waals surface area contributed by atoms with Crippen molar-refractivity contribution in [3.63, 3.8) is 0 Å². The van der Waals surface area contributed by atoms with Gasteiger partial charge in [-0.05, 0) is 41.1 Å². The highest BCUT2D eigenvalue weighted by molar-refractivity contribution is 9.10. The molecule has 2 heterocycles. The molecule has 0 aliphatic rings. The summed E-state index contributed by atoms with van der Waals surface area (Å²) in [7, 11) is 0. The van der Waals surface area contributed by atoms with Crippen LogP contribution in [0, 0.1) is 6.92 Å². The number of hydrogen-bond acceptors (Lipinski definition) is 4. The van der Waals surface area contributed by atoms with Crippen LogP contribution in [0.25, 0.3) is 10.9 Å². The Kier molecular flexibility index (Phi) is 3.28. The zero-order valence-electron chi connectivity index (χ0n) is 10.9. The van der Waals surface area contributed by atoms with Crippen LogP contribution in [-0.4, -0.2) is 9.97 Å². The first-order valence-electron chi connectivity index (χ1n) is 6.18. The number of aryl methyl sites for hydroxylation is 1. The fourth-order valence-electron chi connectivity index (χ4n) is 2.03. The van der Waals surface area contributed by atoms with E-state index < -0.39 is 0 Å². The average molecular weight is 329 g/mol. The first-order valence-corrected chi connectivity index (χ1v) is 6.97. The second-order valence-electron chi connectivity index (χ2n) is 4.55. The van der Waals surface area contributed by atoms with Crippen LogP contribution < -0.4 is 11.1 Å². The summed E-state index contributed by atoms with van der Waals surface area (Å²) >= 11 is 3.35. The molecular formula is C15H13BrN4. The number of halogens is 1. The number of para-hydroxylation sites is 1. The Balaban J connectivity index is 2.08. The second kappa shape index (κ2) is 5.09. The largest absolute Gasteiger partial charge is 0.396 e. The SMILES string of the molecule is Cc1ccc2cccc(Nc3ncc(Br)cc3N)c2n1. The van der Waals surface area contributed by atoms with Crippen LogP contribution in [0.3, 0.4) is 0 Å². The number of hydrogen-bond donors (Lipinski definition) is 2. The molecule has 4 nitrogen and oxygen atoms in total. The summed E-state index contributed by atoms with van der Waals surface area (Å²) in [5.41, 5.74) is 9.34. The monoisotopic (exact) mass is 328 g/mol. The summed E-state index contributed by atoms with van der Waals surface area (Å²) in [6.45, 7) is 1.97. The molecule has 1 aromatic carbocycles. The summed E-state index contributed by atoms with van der Waals surface area (Å²) in [4.78, 5) is 8.87. The molecule has 20 heavy (non-hydrogen) atoms. The molecule has 0 spiro atoms. The van der Waals surface area contributed by atoms with Crippen LogP contribution >= 0.6 is 15.9 Å². The predicted octanol–water partition coefficient (Wildman–Crippen LogP) is 4.03. The van der Waals surface area contributed by atoms with Gasteiger partial charge in [0.05, 0.1) is 16.9 Å². The molecule has 0 bridgehead atoms. The number of anilines is 3. The number of nitrogen functional groups attached to an aromatic ring is 1. The number of pyridine rings is 2. The van der Waals surface area contributed by atoms with E-state index in [0.717, 1.165) is 26.8 Å². The fraction of sp³-hybridized carbons (Fsp3) is 0.0667. The maximum absolute atomic E-state index is 5.97. The van der Waals surface area contributed by atoms with Gasteiger partial charge in [-0.1, -0.05) is 18.2 Å². The van der Waals surface area contributed by atoms with E-state index in [1.165, 1.54) is 0 Å². The molecule has 3 N–H and O–H groups in total. The fourth-order valence-corrected chi connectivity index (χ4v) is 2.38. The lowest BCUT2D eigenvalue weighted by atomic mass is 10.1. The van der Waals surface area contributed by atoms with Crippen LogP contribution in [0.15, 0.2) is 47.1 Å². The third-order valence-electron chi connectivity index (χ3n) is 3.00. The van der Waals surface area contributed by atoms with Crippen LogP contribution in [0.2, 0.25) is 0 Å². The van der Waals surface area contributed by atoms with Gasteiger partial charge in [0, 0.05) is 21.7 Å². The van der Waals surface area contributed by atoms with Crippen molar-refractivity contribution in [3.8, 4) is 0 Å². The number of rotatable bonds is 2. The first kappa shape index (κ1) is 12.9. The van der Waals surface area contributed by atoms with E-state index in [1.807, 2.05) is 37.3 Å². The van der Waals surface area contributed by atoms with Gasteiger partial charge in [0.25, 0.3) is 0 Å². The Bertz CT molecular complexity index is 786. The van der Waals surface area contributed by atoms with Crippen LogP contribution in [0.5, 0.6) is 0 Å². The first-order chi connectivity index (χ1) is 9.63. The van der Waals surface area contributed by atoms with Crippen molar-refractivity contribution in [1.29, 1.82) is 0 Å². The minimum atomic E-state index is 0.587. The van der Waals surface area contributed by atoms with Crippen LogP contribution in [0.4, 0.5) is 17.2 Å². The molecule has 0 amide bonds. The minimum Gasteiger partial charge on any atom is -0.396 e. The molecule has 0 saturated carbocycles. The molecule has 2 aromatic heterocycles. The van der Waals surface area contributed by atoms with Gasteiger partial charge >= 0.3 is 0 Å². The second-order valence-corrected chi connectivity index (χ2v) is 5.46. The van der Waals surface area contributed by atoms with Crippen LogP contribution in [-0.2, 0) is 0 Å². The molecule has 0 aliphatic heterocycles. The van der Waals surface area contributed by atoms with Crippen molar-refractivity contribution < 1.29 is 0 Å². The van der Waals surface area contributed by atoms with Gasteiger partial charge in [-0.15, -0.1) is 0 Å². The van der Waals surface area contributed by atoms with E-state index >= 15 is 0 Å². The summed E-state index contributed by atoms with van der Waals surface area (Å²) in [6, 6.07) is 11.9. The maximum Gasteiger partial charge on any atom is 0.153 e. The van der Waals surface area contributed by atoms with E-state index in [9.17, 15) is 0 Å². The lowest BCUT2D eigenvalue weighted by Gasteiger charge is -2.11. The van der Waals surface area contributed by atoms with Crippen molar-refractivity contribution in [2.24, 2.45) is 0 Å². The normalized spacial score (nSPS) is 10.7. The van der Waals surface area contributed by atoms with Gasteiger partial charge < -0.3 is 11.1 Å². The minimum absolute atomic E-state index is 0.587. The molecule has 0 atom stereocenters. The number of fused-ring (bicyclic) bond motifs is 1. The van der Waals surface area contributed by atoms with E-state index in [-0.39, 0.29) is 0 Å². The predicted molar refractivity (Wildman–Crippen MR) is 86.1 cm³/mol. The number of nitrogens with one attached hydrogen (secondary N) is 1. The smallest absolute Gasteiger partial charge is 0.153 e. The highest BCUT2D eigenvalue weighted by Gasteiger charge is 2.06. The van der Waals surface area contributed by atoms with Crippen molar-refractivity contribution in [1.82, 2.24) is 9.97 Å². The Morgan fingerprint density at radius 1 is 1.20 bits per heavy atom. The molecule has 0 unspecified atom stereocenters. The van der Waals surface area contributed by atoms with Gasteiger partial charge in [-0.25, -0.2) is 4.98 Å². The Labute approximate surface area is 125 Å². The molecule has 0 radical (unpaired) electrons. The van der Waals surface area contributed by atoms with Gasteiger partial charge in [-0.3, -0.25) is 4.98 Å². The van der Waals surface area contributed by atoms with Crippen molar-refractivity contribution >= 4 is 44.0 Å². The van der Waals surface area contributed by atoms with E-state index in [4.69, 9.17) is 5.73 Å². The van der Waals surface area contributed by atoms with Gasteiger partial charge in [0.2, 0.25) is 0 Å². The Hall–Kier alpha value is -2.14. The summed E-state index contributed by atoms with van der Waals surface area (Å²) < 4.78 is 0.854. The number of benzene rings is 1.